The van der Waals surface area contributed by atoms with E-state index in [4.69, 9.17) is 26.8 Å². The van der Waals surface area contributed by atoms with Gasteiger partial charge in [0.2, 0.25) is 0 Å². The van der Waals surface area contributed by atoms with Crippen LogP contribution >= 0.6 is 11.6 Å². The van der Waals surface area contributed by atoms with E-state index in [0.717, 1.165) is 22.3 Å². The van der Waals surface area contributed by atoms with E-state index in [0.29, 0.717) is 41.1 Å². The molecule has 0 saturated heterocycles. The van der Waals surface area contributed by atoms with Crippen molar-refractivity contribution in [1.82, 2.24) is 19.9 Å². The second-order valence-electron chi connectivity index (χ2n) is 13.7. The van der Waals surface area contributed by atoms with Crippen LogP contribution in [-0.2, 0) is 28.9 Å². The summed E-state index contributed by atoms with van der Waals surface area (Å²) in [5.41, 5.74) is 10.0. The molecule has 3 N–H and O–H groups in total. The van der Waals surface area contributed by atoms with Gasteiger partial charge in [-0.3, -0.25) is 9.59 Å². The van der Waals surface area contributed by atoms with E-state index >= 15 is 0 Å². The molecule has 0 saturated carbocycles. The molecule has 276 valence electrons. The second kappa shape index (κ2) is 16.1. The maximum atomic E-state index is 13.7. The number of ether oxygens (including phenoxy) is 2. The van der Waals surface area contributed by atoms with Gasteiger partial charge in [-0.05, 0) is 99.0 Å². The molecule has 0 unspecified atom stereocenters. The van der Waals surface area contributed by atoms with Gasteiger partial charge in [0.1, 0.15) is 17.1 Å². The summed E-state index contributed by atoms with van der Waals surface area (Å²) in [6.45, 7) is 9.46. The summed E-state index contributed by atoms with van der Waals surface area (Å²) in [6.07, 6.45) is 2.57. The molecule has 2 heterocycles. The number of Topliss-reactive ketones (excluding diaryl/α,β-unsaturated/α-hetero) is 1. The van der Waals surface area contributed by atoms with Crippen LogP contribution in [0.25, 0.3) is 5.65 Å². The van der Waals surface area contributed by atoms with Gasteiger partial charge in [0.15, 0.2) is 17.1 Å². The van der Waals surface area contributed by atoms with E-state index in [-0.39, 0.29) is 46.7 Å². The van der Waals surface area contributed by atoms with E-state index in [1.54, 1.807) is 43.3 Å². The number of halogens is 2. The number of aromatic nitrogens is 3. The molecule has 53 heavy (non-hydrogen) atoms. The Bertz CT molecular complexity index is 2230. The lowest BCUT2D eigenvalue weighted by Crippen LogP contribution is -2.30. The van der Waals surface area contributed by atoms with E-state index in [9.17, 15) is 23.6 Å². The van der Waals surface area contributed by atoms with Crippen LogP contribution in [0, 0.1) is 19.7 Å². The lowest BCUT2D eigenvalue weighted by atomic mass is 9.97. The SMILES string of the molecule is COC(=O)c1cc(C(=O)N[C@H]2CCc3c2ccc(C(=O)OC(C)(C)C)c3C)n2ncc(C(=O)Cc3ccccc3Cl)c2n1.Cc1ccc(CN)cc1F. The number of hydrogen-bond acceptors (Lipinski definition) is 9. The number of nitrogens with zero attached hydrogens (tertiary/aromatic N) is 3. The zero-order chi connectivity index (χ0) is 38.6. The van der Waals surface area contributed by atoms with Gasteiger partial charge < -0.3 is 20.5 Å². The van der Waals surface area contributed by atoms with E-state index in [1.165, 1.54) is 30.0 Å². The summed E-state index contributed by atoms with van der Waals surface area (Å²) >= 11 is 6.25. The van der Waals surface area contributed by atoms with Crippen molar-refractivity contribution in [3.05, 3.63) is 134 Å². The summed E-state index contributed by atoms with van der Waals surface area (Å²) in [6, 6.07) is 16.5. The van der Waals surface area contributed by atoms with Crippen molar-refractivity contribution in [3.8, 4) is 0 Å². The van der Waals surface area contributed by atoms with Crippen molar-refractivity contribution in [2.24, 2.45) is 5.73 Å². The number of aryl methyl sites for hydroxylation is 1. The Morgan fingerprint density at radius 2 is 1.75 bits per heavy atom. The number of methoxy groups -OCH3 is 1. The number of nitrogens with two attached hydrogens (primary N) is 1. The molecule has 3 aromatic carbocycles. The predicted octanol–water partition coefficient (Wildman–Crippen LogP) is 6.87. The summed E-state index contributed by atoms with van der Waals surface area (Å²) in [5.74, 6) is -2.18. The summed E-state index contributed by atoms with van der Waals surface area (Å²) < 4.78 is 24.4. The maximum absolute atomic E-state index is 13.7. The van der Waals surface area contributed by atoms with Crippen LogP contribution in [0.1, 0.15) is 108 Å². The molecule has 0 spiro atoms. The molecule has 1 atom stereocenters. The van der Waals surface area contributed by atoms with Gasteiger partial charge in [-0.1, -0.05) is 48.0 Å². The first-order valence-electron chi connectivity index (χ1n) is 17.0. The second-order valence-corrected chi connectivity index (χ2v) is 14.1. The predicted molar refractivity (Wildman–Crippen MR) is 198 cm³/mol. The number of amides is 1. The van der Waals surface area contributed by atoms with Gasteiger partial charge >= 0.3 is 11.9 Å². The molecule has 1 amide bonds. The summed E-state index contributed by atoms with van der Waals surface area (Å²) in [5, 5.41) is 7.75. The van der Waals surface area contributed by atoms with Crippen LogP contribution in [0.5, 0.6) is 0 Å². The first kappa shape index (κ1) is 38.8. The normalized spacial score (nSPS) is 13.5. The number of nitrogens with one attached hydrogen (secondary N) is 1. The Balaban J connectivity index is 0.000000469. The van der Waals surface area contributed by atoms with Gasteiger partial charge in [-0.25, -0.2) is 23.5 Å². The third kappa shape index (κ3) is 8.78. The third-order valence-electron chi connectivity index (χ3n) is 8.80. The molecule has 13 heteroatoms. The number of benzene rings is 3. The van der Waals surface area contributed by atoms with Crippen LogP contribution < -0.4 is 11.1 Å². The Morgan fingerprint density at radius 1 is 1.02 bits per heavy atom. The number of hydrogen-bond donors (Lipinski definition) is 2. The van der Waals surface area contributed by atoms with Crippen LogP contribution in [0.4, 0.5) is 4.39 Å². The Morgan fingerprint density at radius 3 is 2.42 bits per heavy atom. The minimum atomic E-state index is -0.765. The van der Waals surface area contributed by atoms with Crippen molar-refractivity contribution in [3.63, 3.8) is 0 Å². The van der Waals surface area contributed by atoms with Crippen LogP contribution in [0.2, 0.25) is 5.02 Å². The standard InChI is InChI=1S/C32H31ClN4O6.C8H10FN/c1-17-19-12-13-24(21(19)11-10-20(17)30(40)43-32(2,3)4)36-29(39)26-15-25(31(41)42-5)35-28-22(16-34-37(26)28)27(38)14-18-8-6-7-9-23(18)33;1-6-2-3-7(5-10)4-8(6)9/h6-11,15-16,24H,12-14H2,1-5H3,(H,36,39);2-4H,5,10H2,1H3/t24-;/m0./s1. The van der Waals surface area contributed by atoms with Crippen molar-refractivity contribution in [1.29, 1.82) is 0 Å². The molecule has 5 aromatic rings. The molecule has 0 radical (unpaired) electrons. The molecule has 0 bridgehead atoms. The van der Waals surface area contributed by atoms with Gasteiger partial charge in [0, 0.05) is 24.1 Å². The van der Waals surface area contributed by atoms with Gasteiger partial charge in [-0.2, -0.15) is 5.10 Å². The molecule has 11 nitrogen and oxygen atoms in total. The van der Waals surface area contributed by atoms with E-state index in [2.05, 4.69) is 15.4 Å². The van der Waals surface area contributed by atoms with Gasteiger partial charge in [-0.15, -0.1) is 0 Å². The Labute approximate surface area is 311 Å². The topological polar surface area (TPSA) is 155 Å². The quantitative estimate of drug-likeness (QED) is 0.128. The highest BCUT2D eigenvalue weighted by Crippen LogP contribution is 2.35. The van der Waals surface area contributed by atoms with Crippen molar-refractivity contribution in [2.45, 2.75) is 72.1 Å². The first-order chi connectivity index (χ1) is 25.1. The van der Waals surface area contributed by atoms with Gasteiger partial charge in [0.05, 0.1) is 30.5 Å². The molecular formula is C40H41ClFN5O6. The average molecular weight is 742 g/mol. The van der Waals surface area contributed by atoms with Crippen LogP contribution in [0.3, 0.4) is 0 Å². The monoisotopic (exact) mass is 741 g/mol. The molecule has 2 aromatic heterocycles. The van der Waals surface area contributed by atoms with E-state index in [1.807, 2.05) is 39.8 Å². The molecule has 6 rings (SSSR count). The van der Waals surface area contributed by atoms with Crippen molar-refractivity contribution >= 4 is 40.9 Å². The lowest BCUT2D eigenvalue weighted by molar-refractivity contribution is 0.00681. The fourth-order valence-corrected chi connectivity index (χ4v) is 6.22. The smallest absolute Gasteiger partial charge is 0.356 e. The van der Waals surface area contributed by atoms with Crippen molar-refractivity contribution < 1.29 is 33.0 Å². The largest absolute Gasteiger partial charge is 0.464 e. The highest BCUT2D eigenvalue weighted by molar-refractivity contribution is 6.31. The molecule has 0 fully saturated rings. The molecule has 1 aliphatic rings. The fraction of sp³-hybridized carbons (Fsp3) is 0.300. The number of carbonyl (C=O) groups excluding carboxylic acids is 4. The zero-order valence-corrected chi connectivity index (χ0v) is 31.1. The number of carbonyl (C=O) groups is 4. The number of rotatable bonds is 8. The zero-order valence-electron chi connectivity index (χ0n) is 30.4. The minimum absolute atomic E-state index is 0.0118. The average Bonchev–Trinajstić information content (AvgIpc) is 3.74. The highest BCUT2D eigenvalue weighted by atomic mass is 35.5. The number of esters is 2. The van der Waals surface area contributed by atoms with Crippen LogP contribution in [0.15, 0.2) is 66.9 Å². The summed E-state index contributed by atoms with van der Waals surface area (Å²) in [4.78, 5) is 56.5. The highest BCUT2D eigenvalue weighted by Gasteiger charge is 2.31. The number of fused-ring (bicyclic) bond motifs is 2. The van der Waals surface area contributed by atoms with E-state index < -0.39 is 23.4 Å². The van der Waals surface area contributed by atoms with Gasteiger partial charge in [0.25, 0.3) is 5.91 Å². The van der Waals surface area contributed by atoms with Crippen LogP contribution in [-0.4, -0.2) is 50.9 Å². The lowest BCUT2D eigenvalue weighted by Gasteiger charge is -2.21. The fourth-order valence-electron chi connectivity index (χ4n) is 6.02. The summed E-state index contributed by atoms with van der Waals surface area (Å²) in [7, 11) is 1.21. The minimum Gasteiger partial charge on any atom is -0.464 e. The first-order valence-corrected chi connectivity index (χ1v) is 17.3. The maximum Gasteiger partial charge on any atom is 0.356 e. The Hall–Kier alpha value is -5.46. The third-order valence-corrected chi connectivity index (χ3v) is 9.17. The Kier molecular flexibility index (Phi) is 11.7. The number of ketones is 1. The molecule has 0 aliphatic heterocycles. The van der Waals surface area contributed by atoms with Crippen molar-refractivity contribution in [2.75, 3.05) is 7.11 Å². The molecular weight excluding hydrogens is 701 g/mol. The molecule has 1 aliphatic carbocycles.